The predicted molar refractivity (Wildman–Crippen MR) is 100 cm³/mol. The van der Waals surface area contributed by atoms with E-state index in [-0.39, 0.29) is 0 Å². The van der Waals surface area contributed by atoms with Crippen LogP contribution < -0.4 is 5.19 Å². The Bertz CT molecular complexity index is 551. The van der Waals surface area contributed by atoms with Crippen LogP contribution in [0.1, 0.15) is 36.9 Å². The third-order valence-electron chi connectivity index (χ3n) is 4.44. The molecule has 0 atom stereocenters. The Balaban J connectivity index is 2.37. The number of nitrogens with zero attached hydrogens (tertiary/aromatic N) is 1. The monoisotopic (exact) mass is 317 g/mol. The van der Waals surface area contributed by atoms with Crippen LogP contribution in [-0.2, 0) is 6.42 Å². The van der Waals surface area contributed by atoms with Crippen molar-refractivity contribution >= 4 is 31.5 Å². The van der Waals surface area contributed by atoms with Gasteiger partial charge in [-0.3, -0.25) is 4.98 Å². The van der Waals surface area contributed by atoms with Crippen LogP contribution in [0.3, 0.4) is 0 Å². The fraction of sp³-hybridized carbons (Fsp3) is 0.500. The van der Waals surface area contributed by atoms with E-state index < -0.39 is 8.07 Å². The van der Waals surface area contributed by atoms with Crippen molar-refractivity contribution in [1.82, 2.24) is 4.98 Å². The van der Waals surface area contributed by atoms with Gasteiger partial charge < -0.3 is 0 Å². The first-order chi connectivity index (χ1) is 9.79. The number of pyridine rings is 1. The van der Waals surface area contributed by atoms with E-state index in [4.69, 9.17) is 0 Å². The number of hydrogen-bond acceptors (Lipinski definition) is 2. The highest BCUT2D eigenvalue weighted by atomic mass is 32.1. The molecule has 0 N–H and O–H groups in total. The smallest absolute Gasteiger partial charge is 0.0799 e. The number of allylic oxidation sites excluding steroid dienone is 1. The maximum Gasteiger partial charge on any atom is 0.0799 e. The molecule has 3 heteroatoms. The standard InChI is InChI=1S/C18H27NSSi/c1-13(14(2)20)17-11-16(10-15-8-6-7-9-15)18(12-19-17)21(3,4)5/h11-12,15,20H,1-2,6-10H2,3-5H3. The number of rotatable bonds is 5. The summed E-state index contributed by atoms with van der Waals surface area (Å²) in [6.07, 6.45) is 8.83. The van der Waals surface area contributed by atoms with E-state index in [2.05, 4.69) is 62.7 Å². The molecule has 0 radical (unpaired) electrons. The molecule has 1 saturated carbocycles. The molecule has 1 nitrogen and oxygen atoms in total. The van der Waals surface area contributed by atoms with Gasteiger partial charge in [-0.2, -0.15) is 0 Å². The third kappa shape index (κ3) is 4.10. The lowest BCUT2D eigenvalue weighted by atomic mass is 9.97. The van der Waals surface area contributed by atoms with Crippen LogP contribution in [0.5, 0.6) is 0 Å². The minimum Gasteiger partial charge on any atom is -0.256 e. The second-order valence-electron chi connectivity index (χ2n) is 7.26. The van der Waals surface area contributed by atoms with Gasteiger partial charge in [0.1, 0.15) is 0 Å². The molecule has 0 spiro atoms. The summed E-state index contributed by atoms with van der Waals surface area (Å²) in [6, 6.07) is 2.25. The highest BCUT2D eigenvalue weighted by molar-refractivity contribution is 7.85. The maximum atomic E-state index is 4.63. The van der Waals surface area contributed by atoms with Gasteiger partial charge in [-0.15, -0.1) is 12.6 Å². The molecular formula is C18H27NSSi. The van der Waals surface area contributed by atoms with Gasteiger partial charge in [0, 0.05) is 16.7 Å². The number of aromatic nitrogens is 1. The van der Waals surface area contributed by atoms with Crippen molar-refractivity contribution in [2.75, 3.05) is 0 Å². The zero-order valence-electron chi connectivity index (χ0n) is 13.6. The van der Waals surface area contributed by atoms with E-state index in [1.807, 2.05) is 0 Å². The Hall–Kier alpha value is -0.803. The van der Waals surface area contributed by atoms with Gasteiger partial charge in [-0.25, -0.2) is 0 Å². The molecule has 1 aliphatic rings. The van der Waals surface area contributed by atoms with E-state index in [9.17, 15) is 0 Å². The Morgan fingerprint density at radius 1 is 1.29 bits per heavy atom. The SMILES string of the molecule is C=C(S)C(=C)c1cc(CC2CCCC2)c([Si](C)(C)C)cn1. The topological polar surface area (TPSA) is 12.9 Å². The van der Waals surface area contributed by atoms with E-state index in [0.717, 1.165) is 17.2 Å². The molecule has 1 heterocycles. The summed E-state index contributed by atoms with van der Waals surface area (Å²) >= 11 is 4.31. The van der Waals surface area contributed by atoms with Crippen molar-refractivity contribution in [3.8, 4) is 0 Å². The zero-order chi connectivity index (χ0) is 15.6. The van der Waals surface area contributed by atoms with Crippen molar-refractivity contribution in [2.45, 2.75) is 51.7 Å². The van der Waals surface area contributed by atoms with Crippen LogP contribution in [0.25, 0.3) is 5.57 Å². The Morgan fingerprint density at radius 3 is 2.43 bits per heavy atom. The van der Waals surface area contributed by atoms with Crippen LogP contribution >= 0.6 is 12.6 Å². The Kier molecular flexibility index (Phi) is 5.15. The molecule has 2 rings (SSSR count). The van der Waals surface area contributed by atoms with E-state index in [0.29, 0.717) is 4.91 Å². The first-order valence-electron chi connectivity index (χ1n) is 7.86. The summed E-state index contributed by atoms with van der Waals surface area (Å²) in [7, 11) is -1.37. The second kappa shape index (κ2) is 6.53. The van der Waals surface area contributed by atoms with Crippen molar-refractivity contribution < 1.29 is 0 Å². The third-order valence-corrected chi connectivity index (χ3v) is 6.77. The second-order valence-corrected chi connectivity index (χ2v) is 12.8. The lowest BCUT2D eigenvalue weighted by Crippen LogP contribution is -2.41. The highest BCUT2D eigenvalue weighted by Gasteiger charge is 2.24. The van der Waals surface area contributed by atoms with Gasteiger partial charge in [0.2, 0.25) is 0 Å². The van der Waals surface area contributed by atoms with Gasteiger partial charge >= 0.3 is 0 Å². The molecule has 0 aromatic carbocycles. The van der Waals surface area contributed by atoms with Crippen molar-refractivity contribution in [2.24, 2.45) is 5.92 Å². The number of hydrogen-bond donors (Lipinski definition) is 1. The van der Waals surface area contributed by atoms with Gasteiger partial charge in [-0.05, 0) is 29.2 Å². The summed E-state index contributed by atoms with van der Waals surface area (Å²) in [5.74, 6) is 0.850. The lowest BCUT2D eigenvalue weighted by Gasteiger charge is -2.23. The van der Waals surface area contributed by atoms with Crippen molar-refractivity contribution in [3.05, 3.63) is 41.6 Å². The van der Waals surface area contributed by atoms with Crippen LogP contribution in [0.2, 0.25) is 19.6 Å². The molecule has 0 amide bonds. The highest BCUT2D eigenvalue weighted by Crippen LogP contribution is 2.29. The first-order valence-corrected chi connectivity index (χ1v) is 11.8. The normalized spacial score (nSPS) is 16.2. The fourth-order valence-corrected chi connectivity index (χ4v) is 4.88. The quantitative estimate of drug-likeness (QED) is 0.467. The molecular weight excluding hydrogens is 290 g/mol. The summed E-state index contributed by atoms with van der Waals surface area (Å²) in [6.45, 7) is 15.1. The molecule has 0 unspecified atom stereocenters. The van der Waals surface area contributed by atoms with E-state index in [1.54, 1.807) is 0 Å². The Morgan fingerprint density at radius 2 is 1.90 bits per heavy atom. The number of thiol groups is 1. The van der Waals surface area contributed by atoms with Gasteiger partial charge in [0.25, 0.3) is 0 Å². The fourth-order valence-electron chi connectivity index (χ4n) is 3.18. The van der Waals surface area contributed by atoms with Crippen LogP contribution in [0, 0.1) is 5.92 Å². The zero-order valence-corrected chi connectivity index (χ0v) is 15.5. The molecule has 0 saturated heterocycles. The van der Waals surface area contributed by atoms with Crippen LogP contribution in [0.15, 0.2) is 30.3 Å². The van der Waals surface area contributed by atoms with E-state index in [1.165, 1.54) is 42.9 Å². The summed E-state index contributed by atoms with van der Waals surface area (Å²) < 4.78 is 0. The molecule has 1 fully saturated rings. The van der Waals surface area contributed by atoms with Crippen molar-refractivity contribution in [1.29, 1.82) is 0 Å². The molecule has 1 aromatic heterocycles. The molecule has 21 heavy (non-hydrogen) atoms. The minimum atomic E-state index is -1.37. The molecule has 0 aliphatic heterocycles. The Labute approximate surface area is 136 Å². The van der Waals surface area contributed by atoms with Crippen LogP contribution in [0.4, 0.5) is 0 Å². The average molecular weight is 318 g/mol. The predicted octanol–water partition coefficient (Wildman–Crippen LogP) is 4.82. The average Bonchev–Trinajstić information content (AvgIpc) is 2.89. The summed E-state index contributed by atoms with van der Waals surface area (Å²) in [5, 5.41) is 1.50. The van der Waals surface area contributed by atoms with Gasteiger partial charge in [-0.1, -0.05) is 58.5 Å². The van der Waals surface area contributed by atoms with Gasteiger partial charge in [0.05, 0.1) is 13.8 Å². The minimum absolute atomic E-state index is 0.704. The largest absolute Gasteiger partial charge is 0.256 e. The molecule has 1 aromatic rings. The first kappa shape index (κ1) is 16.6. The summed E-state index contributed by atoms with van der Waals surface area (Å²) in [5.41, 5.74) is 3.26. The molecule has 0 bridgehead atoms. The molecule has 114 valence electrons. The molecule has 1 aliphatic carbocycles. The van der Waals surface area contributed by atoms with Crippen LogP contribution in [-0.4, -0.2) is 13.1 Å². The summed E-state index contributed by atoms with van der Waals surface area (Å²) in [4.78, 5) is 5.33. The maximum absolute atomic E-state index is 4.63. The van der Waals surface area contributed by atoms with Crippen molar-refractivity contribution in [3.63, 3.8) is 0 Å². The van der Waals surface area contributed by atoms with Gasteiger partial charge in [0.15, 0.2) is 0 Å². The lowest BCUT2D eigenvalue weighted by molar-refractivity contribution is 0.547. The van der Waals surface area contributed by atoms with E-state index >= 15 is 0 Å².